The first-order chi connectivity index (χ1) is 9.38. The Bertz CT molecular complexity index is 496. The lowest BCUT2D eigenvalue weighted by atomic mass is 10.1. The third-order valence-corrected chi connectivity index (χ3v) is 3.75. The van der Waals surface area contributed by atoms with Crippen LogP contribution in [0, 0.1) is 0 Å². The maximum Gasteiger partial charge on any atom is 0.276 e. The lowest BCUT2D eigenvalue weighted by Gasteiger charge is -2.30. The summed E-state index contributed by atoms with van der Waals surface area (Å²) >= 11 is 16.5. The quantitative estimate of drug-likeness (QED) is 0.641. The minimum Gasteiger partial charge on any atom is -0.397 e. The molecule has 0 atom stereocenters. The Labute approximate surface area is 133 Å². The number of amides is 1. The zero-order valence-corrected chi connectivity index (χ0v) is 13.1. The Hall–Kier alpha value is -0.840. The van der Waals surface area contributed by atoms with Gasteiger partial charge in [0.25, 0.3) is 9.70 Å². The van der Waals surface area contributed by atoms with Crippen LogP contribution in [0.1, 0.15) is 19.3 Å². The highest BCUT2D eigenvalue weighted by molar-refractivity contribution is 6.76. The molecule has 20 heavy (non-hydrogen) atoms. The second kappa shape index (κ2) is 6.29. The van der Waals surface area contributed by atoms with Crippen LogP contribution in [-0.4, -0.2) is 22.8 Å². The minimum absolute atomic E-state index is 0.514. The number of piperidine rings is 1. The maximum atomic E-state index is 11.6. The smallest absolute Gasteiger partial charge is 0.276 e. The summed E-state index contributed by atoms with van der Waals surface area (Å²) in [7, 11) is 0. The summed E-state index contributed by atoms with van der Waals surface area (Å²) in [4.78, 5) is 13.8. The van der Waals surface area contributed by atoms with Gasteiger partial charge in [-0.25, -0.2) is 0 Å². The van der Waals surface area contributed by atoms with Crippen molar-refractivity contribution in [2.24, 2.45) is 0 Å². The number of benzene rings is 1. The highest BCUT2D eigenvalue weighted by Gasteiger charge is 2.30. The van der Waals surface area contributed by atoms with E-state index >= 15 is 0 Å². The highest BCUT2D eigenvalue weighted by Crippen LogP contribution is 2.31. The van der Waals surface area contributed by atoms with Crippen molar-refractivity contribution in [1.29, 1.82) is 0 Å². The number of hydrogen-bond donors (Lipinski definition) is 2. The fraction of sp³-hybridized carbons (Fsp3) is 0.462. The lowest BCUT2D eigenvalue weighted by molar-refractivity contribution is -0.115. The van der Waals surface area contributed by atoms with E-state index in [-0.39, 0.29) is 0 Å². The van der Waals surface area contributed by atoms with Crippen LogP contribution in [-0.2, 0) is 4.79 Å². The van der Waals surface area contributed by atoms with E-state index in [0.717, 1.165) is 18.8 Å². The molecule has 1 amide bonds. The predicted octanol–water partition coefficient (Wildman–Crippen LogP) is 3.57. The van der Waals surface area contributed by atoms with E-state index < -0.39 is 9.70 Å². The average Bonchev–Trinajstić information content (AvgIpc) is 2.38. The maximum absolute atomic E-state index is 11.6. The standard InChI is InChI=1S/C13H16Cl3N3O/c14-13(15,16)12(20)18-9-4-5-11(10(17)8-9)19-6-2-1-3-7-19/h4-5,8H,1-3,6-7,17H2,(H,18,20). The molecule has 110 valence electrons. The summed E-state index contributed by atoms with van der Waals surface area (Å²) in [5.74, 6) is -0.701. The SMILES string of the molecule is Nc1cc(NC(=O)C(Cl)(Cl)Cl)ccc1N1CCCCC1. The Balaban J connectivity index is 2.11. The Morgan fingerprint density at radius 2 is 1.85 bits per heavy atom. The second-order valence-electron chi connectivity index (χ2n) is 4.77. The van der Waals surface area contributed by atoms with Crippen molar-refractivity contribution in [3.8, 4) is 0 Å². The molecule has 4 nitrogen and oxygen atoms in total. The van der Waals surface area contributed by atoms with Crippen LogP contribution in [0.25, 0.3) is 0 Å². The van der Waals surface area contributed by atoms with E-state index in [1.165, 1.54) is 19.3 Å². The number of anilines is 3. The number of halogens is 3. The van der Waals surface area contributed by atoms with Crippen LogP contribution in [0.4, 0.5) is 17.1 Å². The van der Waals surface area contributed by atoms with E-state index in [2.05, 4.69) is 10.2 Å². The largest absolute Gasteiger partial charge is 0.397 e. The van der Waals surface area contributed by atoms with Gasteiger partial charge in [-0.05, 0) is 37.5 Å². The van der Waals surface area contributed by atoms with Crippen molar-refractivity contribution in [2.45, 2.75) is 23.1 Å². The van der Waals surface area contributed by atoms with Gasteiger partial charge >= 0.3 is 0 Å². The number of nitrogen functional groups attached to an aromatic ring is 1. The van der Waals surface area contributed by atoms with Gasteiger partial charge in [-0.1, -0.05) is 34.8 Å². The first kappa shape index (κ1) is 15.5. The van der Waals surface area contributed by atoms with E-state index in [1.807, 2.05) is 6.07 Å². The van der Waals surface area contributed by atoms with Crippen molar-refractivity contribution in [1.82, 2.24) is 0 Å². The number of alkyl halides is 3. The normalized spacial score (nSPS) is 16.1. The summed E-state index contributed by atoms with van der Waals surface area (Å²) < 4.78 is -1.99. The molecular weight excluding hydrogens is 321 g/mol. The number of nitrogens with zero attached hydrogens (tertiary/aromatic N) is 1. The molecule has 1 heterocycles. The van der Waals surface area contributed by atoms with Gasteiger partial charge in [0.05, 0.1) is 11.4 Å². The van der Waals surface area contributed by atoms with Crippen LogP contribution >= 0.6 is 34.8 Å². The van der Waals surface area contributed by atoms with Gasteiger partial charge in [0.15, 0.2) is 0 Å². The van der Waals surface area contributed by atoms with Gasteiger partial charge in [-0.3, -0.25) is 4.79 Å². The van der Waals surface area contributed by atoms with E-state index in [0.29, 0.717) is 11.4 Å². The molecule has 0 aliphatic carbocycles. The molecule has 3 N–H and O–H groups in total. The minimum atomic E-state index is -1.99. The van der Waals surface area contributed by atoms with Crippen molar-refractivity contribution < 1.29 is 4.79 Å². The summed E-state index contributed by atoms with van der Waals surface area (Å²) in [6, 6.07) is 5.32. The van der Waals surface area contributed by atoms with Gasteiger partial charge in [-0.2, -0.15) is 0 Å². The number of rotatable bonds is 2. The lowest BCUT2D eigenvalue weighted by Crippen LogP contribution is -2.30. The van der Waals surface area contributed by atoms with E-state index in [4.69, 9.17) is 40.5 Å². The summed E-state index contributed by atoms with van der Waals surface area (Å²) in [5, 5.41) is 2.52. The topological polar surface area (TPSA) is 58.4 Å². The molecule has 7 heteroatoms. The van der Waals surface area contributed by atoms with Gasteiger partial charge < -0.3 is 16.0 Å². The zero-order valence-electron chi connectivity index (χ0n) is 10.8. The van der Waals surface area contributed by atoms with Crippen molar-refractivity contribution in [3.63, 3.8) is 0 Å². The van der Waals surface area contributed by atoms with E-state index in [9.17, 15) is 4.79 Å². The molecule has 0 saturated carbocycles. The highest BCUT2D eigenvalue weighted by atomic mass is 35.6. The van der Waals surface area contributed by atoms with Crippen LogP contribution in [0.15, 0.2) is 18.2 Å². The number of carbonyl (C=O) groups is 1. The molecule has 1 aromatic carbocycles. The molecule has 0 aromatic heterocycles. The number of hydrogen-bond acceptors (Lipinski definition) is 3. The molecule has 1 aliphatic rings. The van der Waals surface area contributed by atoms with Gasteiger partial charge in [-0.15, -0.1) is 0 Å². The summed E-state index contributed by atoms with van der Waals surface area (Å²) in [6.07, 6.45) is 3.60. The monoisotopic (exact) mass is 335 g/mol. The first-order valence-electron chi connectivity index (χ1n) is 6.40. The van der Waals surface area contributed by atoms with E-state index in [1.54, 1.807) is 12.1 Å². The molecule has 2 rings (SSSR count). The van der Waals surface area contributed by atoms with Crippen molar-refractivity contribution in [2.75, 3.05) is 29.0 Å². The summed E-state index contributed by atoms with van der Waals surface area (Å²) in [5.41, 5.74) is 8.15. The Morgan fingerprint density at radius 1 is 1.20 bits per heavy atom. The molecular formula is C13H16Cl3N3O. The van der Waals surface area contributed by atoms with Crippen LogP contribution in [0.5, 0.6) is 0 Å². The van der Waals surface area contributed by atoms with Crippen molar-refractivity contribution in [3.05, 3.63) is 18.2 Å². The number of carbonyl (C=O) groups excluding carboxylic acids is 1. The fourth-order valence-electron chi connectivity index (χ4n) is 2.26. The number of nitrogens with one attached hydrogen (secondary N) is 1. The molecule has 0 radical (unpaired) electrons. The van der Waals surface area contributed by atoms with Crippen LogP contribution in [0.3, 0.4) is 0 Å². The first-order valence-corrected chi connectivity index (χ1v) is 7.54. The second-order valence-corrected chi connectivity index (χ2v) is 7.05. The van der Waals surface area contributed by atoms with Crippen LogP contribution < -0.4 is 16.0 Å². The molecule has 1 fully saturated rings. The van der Waals surface area contributed by atoms with Crippen LogP contribution in [0.2, 0.25) is 0 Å². The predicted molar refractivity (Wildman–Crippen MR) is 85.8 cm³/mol. The zero-order chi connectivity index (χ0) is 14.8. The molecule has 1 saturated heterocycles. The number of nitrogens with two attached hydrogens (primary N) is 1. The Kier molecular flexibility index (Phi) is 4.89. The summed E-state index contributed by atoms with van der Waals surface area (Å²) in [6.45, 7) is 2.01. The molecule has 0 bridgehead atoms. The molecule has 0 unspecified atom stereocenters. The molecule has 1 aliphatic heterocycles. The fourth-order valence-corrected chi connectivity index (χ4v) is 2.40. The molecule has 1 aromatic rings. The third kappa shape index (κ3) is 3.84. The average molecular weight is 337 g/mol. The van der Waals surface area contributed by atoms with Gasteiger partial charge in [0, 0.05) is 18.8 Å². The van der Waals surface area contributed by atoms with Gasteiger partial charge in [0.2, 0.25) is 0 Å². The van der Waals surface area contributed by atoms with Gasteiger partial charge in [0.1, 0.15) is 0 Å². The van der Waals surface area contributed by atoms with Crippen molar-refractivity contribution >= 4 is 57.8 Å². The Morgan fingerprint density at radius 3 is 2.40 bits per heavy atom. The third-order valence-electron chi connectivity index (χ3n) is 3.24. The molecule has 0 spiro atoms.